The molecule has 7 heteroatoms. The van der Waals surface area contributed by atoms with Crippen molar-refractivity contribution >= 4 is 27.3 Å². The number of rotatable bonds is 4. The van der Waals surface area contributed by atoms with Gasteiger partial charge < -0.3 is 0 Å². The Kier molecular flexibility index (Phi) is 3.93. The highest BCUT2D eigenvalue weighted by Gasteiger charge is 2.22. The van der Waals surface area contributed by atoms with E-state index in [2.05, 4.69) is 31.7 Å². The van der Waals surface area contributed by atoms with E-state index in [4.69, 9.17) is 5.84 Å². The van der Waals surface area contributed by atoms with Crippen molar-refractivity contribution in [2.24, 2.45) is 5.84 Å². The number of thiophene rings is 1. The Labute approximate surface area is 128 Å². The summed E-state index contributed by atoms with van der Waals surface area (Å²) in [6.45, 7) is 0. The van der Waals surface area contributed by atoms with Gasteiger partial charge in [0.1, 0.15) is 6.04 Å². The fourth-order valence-corrected chi connectivity index (χ4v) is 3.69. The van der Waals surface area contributed by atoms with Crippen LogP contribution in [0.3, 0.4) is 0 Å². The minimum atomic E-state index is -0.167. The summed E-state index contributed by atoms with van der Waals surface area (Å²) in [5.74, 6) is 5.74. The second-order valence-corrected chi connectivity index (χ2v) is 5.94. The molecule has 1 aromatic carbocycles. The van der Waals surface area contributed by atoms with Crippen molar-refractivity contribution in [3.05, 3.63) is 63.0 Å². The number of nitrogens with two attached hydrogens (primary N) is 1. The van der Waals surface area contributed by atoms with Crippen molar-refractivity contribution in [3.8, 4) is 5.69 Å². The van der Waals surface area contributed by atoms with Gasteiger partial charge in [0.15, 0.2) is 0 Å². The van der Waals surface area contributed by atoms with E-state index in [0.717, 1.165) is 20.7 Å². The summed E-state index contributed by atoms with van der Waals surface area (Å²) < 4.78 is 2.81. The average Bonchev–Trinajstić information content (AvgIpc) is 3.11. The van der Waals surface area contributed by atoms with Gasteiger partial charge in [0.05, 0.1) is 17.6 Å². The summed E-state index contributed by atoms with van der Waals surface area (Å²) in [5, 5.41) is 10.2. The van der Waals surface area contributed by atoms with Gasteiger partial charge in [-0.25, -0.2) is 10.1 Å². The zero-order chi connectivity index (χ0) is 13.9. The molecule has 102 valence electrons. The molecule has 0 aliphatic heterocycles. The van der Waals surface area contributed by atoms with E-state index < -0.39 is 0 Å². The molecule has 0 bridgehead atoms. The van der Waals surface area contributed by atoms with E-state index in [9.17, 15) is 0 Å². The van der Waals surface area contributed by atoms with Gasteiger partial charge in [-0.05, 0) is 39.5 Å². The first-order chi connectivity index (χ1) is 9.81. The molecule has 3 aromatic rings. The van der Waals surface area contributed by atoms with Gasteiger partial charge in [0, 0.05) is 9.35 Å². The van der Waals surface area contributed by atoms with Crippen LogP contribution < -0.4 is 11.3 Å². The molecule has 0 spiro atoms. The van der Waals surface area contributed by atoms with Gasteiger partial charge in [-0.2, -0.15) is 0 Å². The molecule has 0 fully saturated rings. The van der Waals surface area contributed by atoms with Crippen molar-refractivity contribution in [3.63, 3.8) is 0 Å². The van der Waals surface area contributed by atoms with Crippen LogP contribution in [0.1, 0.15) is 16.6 Å². The van der Waals surface area contributed by atoms with Gasteiger partial charge in [0.25, 0.3) is 0 Å². The number of halogens is 1. The lowest BCUT2D eigenvalue weighted by molar-refractivity contribution is 0.602. The summed E-state index contributed by atoms with van der Waals surface area (Å²) >= 11 is 5.16. The van der Waals surface area contributed by atoms with Crippen LogP contribution in [0.25, 0.3) is 5.69 Å². The van der Waals surface area contributed by atoms with Gasteiger partial charge in [-0.3, -0.25) is 5.84 Å². The normalized spacial score (nSPS) is 12.5. The Bertz CT molecular complexity index is 694. The van der Waals surface area contributed by atoms with Gasteiger partial charge in [-0.1, -0.05) is 23.4 Å². The second-order valence-electron chi connectivity index (χ2n) is 4.14. The third kappa shape index (κ3) is 2.40. The van der Waals surface area contributed by atoms with E-state index in [1.165, 1.54) is 0 Å². The molecule has 0 saturated carbocycles. The largest absolute Gasteiger partial charge is 0.270 e. The lowest BCUT2D eigenvalue weighted by atomic mass is 10.2. The Morgan fingerprint density at radius 3 is 2.70 bits per heavy atom. The summed E-state index contributed by atoms with van der Waals surface area (Å²) in [5.41, 5.74) is 4.68. The van der Waals surface area contributed by atoms with Crippen LogP contribution in [0.2, 0.25) is 0 Å². The molecule has 3 N–H and O–H groups in total. The van der Waals surface area contributed by atoms with Gasteiger partial charge >= 0.3 is 0 Å². The molecule has 0 aliphatic carbocycles. The van der Waals surface area contributed by atoms with E-state index in [-0.39, 0.29) is 6.04 Å². The number of hydrazine groups is 1. The quantitative estimate of drug-likeness (QED) is 0.561. The maximum atomic E-state index is 5.74. The van der Waals surface area contributed by atoms with Crippen molar-refractivity contribution < 1.29 is 0 Å². The number of aromatic nitrogens is 3. The van der Waals surface area contributed by atoms with Crippen LogP contribution in [0.15, 0.2) is 52.4 Å². The fraction of sp³-hybridized carbons (Fsp3) is 0.0769. The molecule has 3 rings (SSSR count). The molecular weight excluding hydrogens is 338 g/mol. The van der Waals surface area contributed by atoms with Gasteiger partial charge in [0.2, 0.25) is 0 Å². The van der Waals surface area contributed by atoms with Crippen molar-refractivity contribution in [2.45, 2.75) is 6.04 Å². The maximum Gasteiger partial charge on any atom is 0.100 e. The van der Waals surface area contributed by atoms with Crippen LogP contribution >= 0.6 is 27.3 Å². The number of nitrogens with zero attached hydrogens (tertiary/aromatic N) is 3. The number of hydrogen-bond acceptors (Lipinski definition) is 5. The highest BCUT2D eigenvalue weighted by molar-refractivity contribution is 9.10. The topological polar surface area (TPSA) is 68.8 Å². The third-order valence-corrected chi connectivity index (χ3v) is 4.88. The predicted octanol–water partition coefficient (Wildman–Crippen LogP) is 2.64. The Hall–Kier alpha value is -1.54. The minimum Gasteiger partial charge on any atom is -0.270 e. The molecule has 20 heavy (non-hydrogen) atoms. The molecule has 1 atom stereocenters. The zero-order valence-electron chi connectivity index (χ0n) is 10.4. The molecule has 0 aliphatic rings. The Morgan fingerprint density at radius 1 is 1.25 bits per heavy atom. The molecule has 0 amide bonds. The minimum absolute atomic E-state index is 0.167. The molecular formula is C13H12BrN5S. The molecule has 2 heterocycles. The average molecular weight is 350 g/mol. The number of nitrogens with one attached hydrogen (secondary N) is 1. The van der Waals surface area contributed by atoms with Crippen LogP contribution in [-0.4, -0.2) is 15.0 Å². The monoisotopic (exact) mass is 349 g/mol. The zero-order valence-corrected chi connectivity index (χ0v) is 12.8. The number of hydrogen-bond donors (Lipinski definition) is 2. The molecule has 2 aromatic heterocycles. The highest BCUT2D eigenvalue weighted by atomic mass is 79.9. The number of benzene rings is 1. The Balaban J connectivity index is 2.07. The lowest BCUT2D eigenvalue weighted by Crippen LogP contribution is -2.30. The highest BCUT2D eigenvalue weighted by Crippen LogP contribution is 2.32. The smallest absolute Gasteiger partial charge is 0.100 e. The summed E-state index contributed by atoms with van der Waals surface area (Å²) in [4.78, 5) is 1.09. The fourth-order valence-electron chi connectivity index (χ4n) is 2.02. The van der Waals surface area contributed by atoms with E-state index in [1.807, 2.05) is 41.8 Å². The lowest BCUT2D eigenvalue weighted by Gasteiger charge is -2.16. The maximum absolute atomic E-state index is 5.74. The first-order valence-electron chi connectivity index (χ1n) is 5.96. The molecule has 0 saturated heterocycles. The van der Waals surface area contributed by atoms with Crippen LogP contribution in [0.5, 0.6) is 0 Å². The molecule has 1 unspecified atom stereocenters. The second kappa shape index (κ2) is 5.84. The van der Waals surface area contributed by atoms with Gasteiger partial charge in [-0.15, -0.1) is 16.4 Å². The first-order valence-corrected chi connectivity index (χ1v) is 7.63. The predicted molar refractivity (Wildman–Crippen MR) is 82.5 cm³/mol. The number of para-hydroxylation sites is 1. The van der Waals surface area contributed by atoms with Crippen molar-refractivity contribution in [2.75, 3.05) is 0 Å². The van der Waals surface area contributed by atoms with Crippen molar-refractivity contribution in [1.82, 2.24) is 20.4 Å². The van der Waals surface area contributed by atoms with E-state index >= 15 is 0 Å². The summed E-state index contributed by atoms with van der Waals surface area (Å²) in [7, 11) is 0. The molecule has 5 nitrogen and oxygen atoms in total. The van der Waals surface area contributed by atoms with Crippen LogP contribution in [0.4, 0.5) is 0 Å². The van der Waals surface area contributed by atoms with Crippen LogP contribution in [0, 0.1) is 0 Å². The van der Waals surface area contributed by atoms with E-state index in [1.54, 1.807) is 22.2 Å². The standard InChI is InChI=1S/C13H12BrN5S/c14-10-6-7-20-13(10)12(17-15)11-8-16-18-19(11)9-4-2-1-3-5-9/h1-8,12,17H,15H2. The first kappa shape index (κ1) is 13.4. The summed E-state index contributed by atoms with van der Waals surface area (Å²) in [6, 6.07) is 11.7. The van der Waals surface area contributed by atoms with E-state index in [0.29, 0.717) is 0 Å². The SMILES string of the molecule is NNC(c1sccc1Br)c1cnnn1-c1ccccc1. The summed E-state index contributed by atoms with van der Waals surface area (Å²) in [6.07, 6.45) is 1.73. The third-order valence-electron chi connectivity index (χ3n) is 2.95. The Morgan fingerprint density at radius 2 is 2.05 bits per heavy atom. The van der Waals surface area contributed by atoms with Crippen LogP contribution in [-0.2, 0) is 0 Å². The molecule has 0 radical (unpaired) electrons. The van der Waals surface area contributed by atoms with Crippen molar-refractivity contribution in [1.29, 1.82) is 0 Å².